The number of hydrogen-bond donors (Lipinski definition) is 0. The molecular weight excluding hydrogens is 535 g/mol. The molecule has 226 valence electrons. The van der Waals surface area contributed by atoms with Crippen molar-refractivity contribution in [1.29, 1.82) is 0 Å². The number of rotatable bonds is 14. The lowest BCUT2D eigenvalue weighted by Crippen LogP contribution is -2.46. The number of hydrogen-bond acceptors (Lipinski definition) is 6. The van der Waals surface area contributed by atoms with Crippen molar-refractivity contribution in [3.05, 3.63) is 11.1 Å². The molecule has 2 heterocycles. The van der Waals surface area contributed by atoms with Crippen molar-refractivity contribution in [2.45, 2.75) is 95.9 Å². The van der Waals surface area contributed by atoms with E-state index in [2.05, 4.69) is 9.80 Å². The van der Waals surface area contributed by atoms with Crippen molar-refractivity contribution in [3.63, 3.8) is 0 Å². The lowest BCUT2D eigenvalue weighted by molar-refractivity contribution is 0.0918. The predicted molar refractivity (Wildman–Crippen MR) is 165 cm³/mol. The van der Waals surface area contributed by atoms with E-state index >= 15 is 0 Å². The second kappa shape index (κ2) is 17.7. The minimum atomic E-state index is 0. The van der Waals surface area contributed by atoms with Crippen LogP contribution in [-0.2, 0) is 12.8 Å². The molecule has 6 nitrogen and oxygen atoms in total. The second-order valence-corrected chi connectivity index (χ2v) is 11.4. The number of benzene rings is 1. The summed E-state index contributed by atoms with van der Waals surface area (Å²) in [6, 6.07) is 0.871. The smallest absolute Gasteiger partial charge is 0.207 e. The van der Waals surface area contributed by atoms with Gasteiger partial charge in [0.1, 0.15) is 0 Å². The van der Waals surface area contributed by atoms with Gasteiger partial charge in [0.25, 0.3) is 0 Å². The van der Waals surface area contributed by atoms with Crippen molar-refractivity contribution in [2.24, 2.45) is 5.92 Å². The van der Waals surface area contributed by atoms with Crippen LogP contribution in [0.1, 0.15) is 88.2 Å². The molecule has 0 atom stereocenters. The monoisotopic (exact) mass is 588 g/mol. The molecule has 39 heavy (non-hydrogen) atoms. The van der Waals surface area contributed by atoms with Gasteiger partial charge in [-0.25, -0.2) is 0 Å². The van der Waals surface area contributed by atoms with Gasteiger partial charge in [0.05, 0.1) is 28.4 Å². The van der Waals surface area contributed by atoms with Crippen LogP contribution in [0, 0.1) is 5.92 Å². The van der Waals surface area contributed by atoms with Crippen LogP contribution in [0.4, 0.5) is 0 Å². The largest absolute Gasteiger partial charge is 0.492 e. The second-order valence-electron chi connectivity index (χ2n) is 11.4. The van der Waals surface area contributed by atoms with E-state index in [1.54, 1.807) is 28.4 Å². The zero-order chi connectivity index (χ0) is 26.0. The third-order valence-electron chi connectivity index (χ3n) is 9.13. The lowest BCUT2D eigenvalue weighted by Gasteiger charge is -2.40. The molecule has 2 fully saturated rings. The number of methoxy groups -OCH3 is 4. The van der Waals surface area contributed by atoms with Crippen molar-refractivity contribution in [3.8, 4) is 23.0 Å². The molecule has 0 saturated carbocycles. The summed E-state index contributed by atoms with van der Waals surface area (Å²) < 4.78 is 22.8. The van der Waals surface area contributed by atoms with Crippen molar-refractivity contribution < 1.29 is 18.9 Å². The van der Waals surface area contributed by atoms with Gasteiger partial charge in [-0.1, -0.05) is 38.5 Å². The SMILES string of the molecule is COc1c2c(c(OC)c(OC)c1OC)CC(CCCCCCCCN1CCC(N3CCCCC3)CC1)C2.Cl.Cl. The Bertz CT molecular complexity index is 802. The van der Waals surface area contributed by atoms with Crippen LogP contribution in [0.2, 0.25) is 0 Å². The number of halogens is 2. The predicted octanol–water partition coefficient (Wildman–Crippen LogP) is 6.96. The molecule has 0 radical (unpaired) electrons. The van der Waals surface area contributed by atoms with Gasteiger partial charge in [-0.15, -0.1) is 24.8 Å². The van der Waals surface area contributed by atoms with E-state index in [4.69, 9.17) is 18.9 Å². The number of ether oxygens (including phenoxy) is 4. The van der Waals surface area contributed by atoms with Crippen LogP contribution < -0.4 is 18.9 Å². The molecule has 2 aliphatic heterocycles. The maximum atomic E-state index is 5.76. The first kappa shape index (κ1) is 34.1. The van der Waals surface area contributed by atoms with Gasteiger partial charge in [0.2, 0.25) is 11.5 Å². The number of fused-ring (bicyclic) bond motifs is 1. The summed E-state index contributed by atoms with van der Waals surface area (Å²) >= 11 is 0. The third-order valence-corrected chi connectivity index (χ3v) is 9.13. The molecule has 1 aromatic rings. The fraction of sp³-hybridized carbons (Fsp3) is 0.806. The highest BCUT2D eigenvalue weighted by Crippen LogP contribution is 2.53. The Morgan fingerprint density at radius 2 is 1.08 bits per heavy atom. The summed E-state index contributed by atoms with van der Waals surface area (Å²) in [6.45, 7) is 6.65. The normalized spacial score (nSPS) is 18.7. The molecule has 4 rings (SSSR count). The highest BCUT2D eigenvalue weighted by atomic mass is 35.5. The summed E-state index contributed by atoms with van der Waals surface area (Å²) in [7, 11) is 6.76. The van der Waals surface area contributed by atoms with E-state index in [0.717, 1.165) is 30.4 Å². The van der Waals surface area contributed by atoms with Crippen molar-refractivity contribution in [1.82, 2.24) is 9.80 Å². The zero-order valence-electron chi connectivity index (χ0n) is 24.9. The summed E-state index contributed by atoms with van der Waals surface area (Å²) in [5.74, 6) is 3.56. The fourth-order valence-corrected chi connectivity index (χ4v) is 7.11. The minimum Gasteiger partial charge on any atom is -0.492 e. The third kappa shape index (κ3) is 8.70. The van der Waals surface area contributed by atoms with Gasteiger partial charge >= 0.3 is 0 Å². The van der Waals surface area contributed by atoms with Crippen molar-refractivity contribution >= 4 is 24.8 Å². The van der Waals surface area contributed by atoms with Crippen LogP contribution in [-0.4, -0.2) is 77.0 Å². The number of piperidine rings is 2. The number of unbranched alkanes of at least 4 members (excludes halogenated alkanes) is 5. The topological polar surface area (TPSA) is 43.4 Å². The number of likely N-dealkylation sites (tertiary alicyclic amines) is 2. The fourth-order valence-electron chi connectivity index (χ4n) is 7.11. The Kier molecular flexibility index (Phi) is 15.5. The molecule has 0 N–H and O–H groups in total. The molecule has 0 unspecified atom stereocenters. The molecule has 1 aromatic carbocycles. The van der Waals surface area contributed by atoms with E-state index in [0.29, 0.717) is 17.4 Å². The molecule has 0 spiro atoms. The Morgan fingerprint density at radius 3 is 1.59 bits per heavy atom. The molecule has 0 aromatic heterocycles. The molecule has 3 aliphatic rings. The Labute approximate surface area is 250 Å². The van der Waals surface area contributed by atoms with Crippen LogP contribution in [0.5, 0.6) is 23.0 Å². The molecule has 0 amide bonds. The number of nitrogens with zero attached hydrogens (tertiary/aromatic N) is 2. The van der Waals surface area contributed by atoms with E-state index in [-0.39, 0.29) is 24.8 Å². The quantitative estimate of drug-likeness (QED) is 0.219. The van der Waals surface area contributed by atoms with Crippen LogP contribution >= 0.6 is 24.8 Å². The molecule has 2 saturated heterocycles. The standard InChI is InChI=1S/C31H52N2O4.2ClH/c1-34-28-26-22-24(23-27(26)29(35-2)31(37-4)30(28)36-3)14-10-7-5-6-8-11-17-32-20-15-25(16-21-32)33-18-12-9-13-19-33;;/h24-25H,5-23H2,1-4H3;2*1H. The molecular formula is C31H54Cl2N2O4. The highest BCUT2D eigenvalue weighted by Gasteiger charge is 2.34. The maximum absolute atomic E-state index is 5.76. The Morgan fingerprint density at radius 1 is 0.590 bits per heavy atom. The zero-order valence-corrected chi connectivity index (χ0v) is 26.6. The molecule has 8 heteroatoms. The van der Waals surface area contributed by atoms with Crippen LogP contribution in [0.3, 0.4) is 0 Å². The summed E-state index contributed by atoms with van der Waals surface area (Å²) in [5.41, 5.74) is 2.48. The van der Waals surface area contributed by atoms with Crippen LogP contribution in [0.15, 0.2) is 0 Å². The van der Waals surface area contributed by atoms with E-state index in [9.17, 15) is 0 Å². The van der Waals surface area contributed by atoms with Gasteiger partial charge in [0, 0.05) is 17.2 Å². The Balaban J connectivity index is 0.00000267. The summed E-state index contributed by atoms with van der Waals surface area (Å²) in [5, 5.41) is 0. The maximum Gasteiger partial charge on any atom is 0.207 e. The molecule has 0 bridgehead atoms. The van der Waals surface area contributed by atoms with Gasteiger partial charge in [0.15, 0.2) is 11.5 Å². The first-order valence-corrected chi connectivity index (χ1v) is 15.0. The molecule has 1 aliphatic carbocycles. The first-order valence-electron chi connectivity index (χ1n) is 15.0. The first-order chi connectivity index (χ1) is 18.2. The summed E-state index contributed by atoms with van der Waals surface area (Å²) in [6.07, 6.45) is 18.5. The minimum absolute atomic E-state index is 0. The Hall–Kier alpha value is -1.08. The van der Waals surface area contributed by atoms with E-state index in [1.165, 1.54) is 121 Å². The summed E-state index contributed by atoms with van der Waals surface area (Å²) in [4.78, 5) is 5.51. The average molecular weight is 590 g/mol. The van der Waals surface area contributed by atoms with Gasteiger partial charge in [-0.2, -0.15) is 0 Å². The van der Waals surface area contributed by atoms with Crippen LogP contribution in [0.25, 0.3) is 0 Å². The highest BCUT2D eigenvalue weighted by molar-refractivity contribution is 5.85. The van der Waals surface area contributed by atoms with E-state index in [1.807, 2.05) is 0 Å². The average Bonchev–Trinajstić information content (AvgIpc) is 3.37. The van der Waals surface area contributed by atoms with Gasteiger partial charge < -0.3 is 28.7 Å². The lowest BCUT2D eigenvalue weighted by atomic mass is 9.97. The van der Waals surface area contributed by atoms with Gasteiger partial charge in [-0.3, -0.25) is 0 Å². The van der Waals surface area contributed by atoms with Gasteiger partial charge in [-0.05, 0) is 90.0 Å². The van der Waals surface area contributed by atoms with E-state index < -0.39 is 0 Å². The van der Waals surface area contributed by atoms with Crippen molar-refractivity contribution in [2.75, 3.05) is 61.2 Å².